The maximum absolute atomic E-state index is 10.1. The number of rotatable bonds is 5. The van der Waals surface area contributed by atoms with Gasteiger partial charge in [0.25, 0.3) is 0 Å². The van der Waals surface area contributed by atoms with Crippen molar-refractivity contribution < 1.29 is 9.84 Å². The van der Waals surface area contributed by atoms with Gasteiger partial charge in [0.2, 0.25) is 0 Å². The van der Waals surface area contributed by atoms with E-state index in [0.717, 1.165) is 18.9 Å². The van der Waals surface area contributed by atoms with Crippen LogP contribution in [-0.2, 0) is 4.74 Å². The summed E-state index contributed by atoms with van der Waals surface area (Å²) < 4.78 is 5.53. The van der Waals surface area contributed by atoms with E-state index in [4.69, 9.17) is 4.74 Å². The van der Waals surface area contributed by atoms with Crippen molar-refractivity contribution in [3.8, 4) is 0 Å². The van der Waals surface area contributed by atoms with Gasteiger partial charge in [0, 0.05) is 6.61 Å². The van der Waals surface area contributed by atoms with Gasteiger partial charge in [-0.25, -0.2) is 0 Å². The van der Waals surface area contributed by atoms with E-state index in [1.165, 1.54) is 38.5 Å². The molecule has 0 heterocycles. The van der Waals surface area contributed by atoms with Crippen LogP contribution in [0.25, 0.3) is 0 Å². The van der Waals surface area contributed by atoms with Gasteiger partial charge in [0.1, 0.15) is 0 Å². The Morgan fingerprint density at radius 3 is 2.53 bits per heavy atom. The summed E-state index contributed by atoms with van der Waals surface area (Å²) in [5.74, 6) is 1.34. The molecule has 2 aliphatic rings. The predicted octanol–water partition coefficient (Wildman–Crippen LogP) is 2.74. The first-order valence-electron chi connectivity index (χ1n) is 6.59. The molecule has 1 N–H and O–H groups in total. The fourth-order valence-electron chi connectivity index (χ4n) is 3.11. The molecule has 88 valence electrons. The molecule has 2 nitrogen and oxygen atoms in total. The number of hydrogen-bond acceptors (Lipinski definition) is 2. The first-order valence-corrected chi connectivity index (χ1v) is 6.59. The molecule has 2 rings (SSSR count). The van der Waals surface area contributed by atoms with Gasteiger partial charge in [-0.3, -0.25) is 0 Å². The molecule has 2 heteroatoms. The Labute approximate surface area is 93.0 Å². The molecule has 0 spiro atoms. The van der Waals surface area contributed by atoms with Crippen LogP contribution in [0.4, 0.5) is 0 Å². The van der Waals surface area contributed by atoms with Gasteiger partial charge >= 0.3 is 0 Å². The summed E-state index contributed by atoms with van der Waals surface area (Å²) in [6, 6.07) is 0. The monoisotopic (exact) mass is 212 g/mol. The van der Waals surface area contributed by atoms with Crippen molar-refractivity contribution in [3.63, 3.8) is 0 Å². The normalized spacial score (nSPS) is 34.0. The van der Waals surface area contributed by atoms with Gasteiger partial charge in [0.05, 0.1) is 12.2 Å². The molecule has 1 atom stereocenters. The maximum Gasteiger partial charge on any atom is 0.0580 e. The highest BCUT2D eigenvalue weighted by Crippen LogP contribution is 2.37. The molecule has 0 bridgehead atoms. The van der Waals surface area contributed by atoms with Crippen LogP contribution in [0.2, 0.25) is 0 Å². The van der Waals surface area contributed by atoms with Crippen molar-refractivity contribution in [2.45, 2.75) is 64.1 Å². The zero-order valence-corrected chi connectivity index (χ0v) is 9.82. The molecular weight excluding hydrogens is 188 g/mol. The van der Waals surface area contributed by atoms with E-state index >= 15 is 0 Å². The van der Waals surface area contributed by atoms with Gasteiger partial charge in [0.15, 0.2) is 0 Å². The average molecular weight is 212 g/mol. The minimum absolute atomic E-state index is 0.0277. The smallest absolute Gasteiger partial charge is 0.0580 e. The Morgan fingerprint density at radius 2 is 1.93 bits per heavy atom. The van der Waals surface area contributed by atoms with E-state index in [-0.39, 0.29) is 6.10 Å². The van der Waals surface area contributed by atoms with E-state index in [0.29, 0.717) is 12.0 Å². The third-order valence-corrected chi connectivity index (χ3v) is 4.11. The van der Waals surface area contributed by atoms with Crippen molar-refractivity contribution in [1.29, 1.82) is 0 Å². The Balaban J connectivity index is 1.61. The molecule has 0 aromatic carbocycles. The fraction of sp³-hybridized carbons (Fsp3) is 1.00. The molecule has 2 aliphatic carbocycles. The Bertz CT molecular complexity index is 181. The van der Waals surface area contributed by atoms with Crippen LogP contribution in [0.3, 0.4) is 0 Å². The number of ether oxygens (including phenoxy) is 1. The molecule has 0 aromatic heterocycles. The third kappa shape index (κ3) is 2.94. The molecular formula is C13H24O2. The number of aliphatic hydroxyl groups excluding tert-OH is 1. The average Bonchev–Trinajstić information content (AvgIpc) is 2.67. The molecule has 0 radical (unpaired) electrons. The van der Waals surface area contributed by atoms with E-state index in [2.05, 4.69) is 6.92 Å². The molecule has 1 unspecified atom stereocenters. The van der Waals surface area contributed by atoms with Crippen molar-refractivity contribution in [3.05, 3.63) is 0 Å². The lowest BCUT2D eigenvalue weighted by molar-refractivity contribution is -0.0433. The van der Waals surface area contributed by atoms with Crippen molar-refractivity contribution in [2.75, 3.05) is 6.61 Å². The van der Waals surface area contributed by atoms with Crippen molar-refractivity contribution >= 4 is 0 Å². The minimum atomic E-state index is -0.0277. The molecule has 2 fully saturated rings. The van der Waals surface area contributed by atoms with Gasteiger partial charge < -0.3 is 9.84 Å². The van der Waals surface area contributed by atoms with Crippen molar-refractivity contribution in [1.82, 2.24) is 0 Å². The topological polar surface area (TPSA) is 29.5 Å². The largest absolute Gasteiger partial charge is 0.393 e. The lowest BCUT2D eigenvalue weighted by atomic mass is 9.77. The Hall–Kier alpha value is -0.0800. The molecule has 0 aliphatic heterocycles. The van der Waals surface area contributed by atoms with E-state index in [1.54, 1.807) is 0 Å². The third-order valence-electron chi connectivity index (χ3n) is 4.11. The first-order chi connectivity index (χ1) is 7.29. The van der Waals surface area contributed by atoms with E-state index in [9.17, 15) is 5.11 Å². The van der Waals surface area contributed by atoms with Crippen LogP contribution in [0, 0.1) is 11.8 Å². The van der Waals surface area contributed by atoms with Crippen molar-refractivity contribution in [2.24, 2.45) is 11.8 Å². The summed E-state index contributed by atoms with van der Waals surface area (Å²) in [5, 5.41) is 10.1. The first kappa shape index (κ1) is 11.4. The second kappa shape index (κ2) is 5.31. The standard InChI is InChI=1S/C13H24O2/c1-2-15-12-7-10(8-12)9-13(14)11-5-3-4-6-11/h10-14H,2-9H2,1H3. The summed E-state index contributed by atoms with van der Waals surface area (Å²) in [6.07, 6.45) is 9.01. The lowest BCUT2D eigenvalue weighted by Gasteiger charge is -2.37. The van der Waals surface area contributed by atoms with Gasteiger partial charge in [-0.2, -0.15) is 0 Å². The maximum atomic E-state index is 10.1. The zero-order chi connectivity index (χ0) is 10.7. The molecule has 2 saturated carbocycles. The SMILES string of the molecule is CCOC1CC(CC(O)C2CCCC2)C1. The van der Waals surface area contributed by atoms with E-state index in [1.807, 2.05) is 0 Å². The summed E-state index contributed by atoms with van der Waals surface area (Å²) in [5.41, 5.74) is 0. The summed E-state index contributed by atoms with van der Waals surface area (Å²) in [6.45, 7) is 2.89. The quantitative estimate of drug-likeness (QED) is 0.759. The number of aliphatic hydroxyl groups is 1. The van der Waals surface area contributed by atoms with Crippen LogP contribution < -0.4 is 0 Å². The van der Waals surface area contributed by atoms with Gasteiger partial charge in [-0.15, -0.1) is 0 Å². The Morgan fingerprint density at radius 1 is 1.27 bits per heavy atom. The Kier molecular flexibility index (Phi) is 4.04. The fourth-order valence-corrected chi connectivity index (χ4v) is 3.11. The van der Waals surface area contributed by atoms with Crippen LogP contribution in [0.15, 0.2) is 0 Å². The summed E-state index contributed by atoms with van der Waals surface area (Å²) in [7, 11) is 0. The second-order valence-electron chi connectivity index (χ2n) is 5.26. The lowest BCUT2D eigenvalue weighted by Crippen LogP contribution is -2.35. The summed E-state index contributed by atoms with van der Waals surface area (Å²) >= 11 is 0. The number of hydrogen-bond donors (Lipinski definition) is 1. The van der Waals surface area contributed by atoms with Crippen LogP contribution >= 0.6 is 0 Å². The zero-order valence-electron chi connectivity index (χ0n) is 9.82. The molecule has 0 aromatic rings. The predicted molar refractivity (Wildman–Crippen MR) is 60.7 cm³/mol. The minimum Gasteiger partial charge on any atom is -0.393 e. The van der Waals surface area contributed by atoms with Crippen LogP contribution in [0.5, 0.6) is 0 Å². The van der Waals surface area contributed by atoms with E-state index < -0.39 is 0 Å². The summed E-state index contributed by atoms with van der Waals surface area (Å²) in [4.78, 5) is 0. The highest BCUT2D eigenvalue weighted by Gasteiger charge is 2.33. The van der Waals surface area contributed by atoms with Gasteiger partial charge in [-0.1, -0.05) is 12.8 Å². The second-order valence-corrected chi connectivity index (χ2v) is 5.26. The highest BCUT2D eigenvalue weighted by molar-refractivity contribution is 4.85. The van der Waals surface area contributed by atoms with Crippen LogP contribution in [-0.4, -0.2) is 23.9 Å². The molecule has 0 amide bonds. The molecule has 15 heavy (non-hydrogen) atoms. The van der Waals surface area contributed by atoms with Gasteiger partial charge in [-0.05, 0) is 50.9 Å². The molecule has 0 saturated heterocycles. The highest BCUT2D eigenvalue weighted by atomic mass is 16.5. The van der Waals surface area contributed by atoms with Crippen LogP contribution in [0.1, 0.15) is 51.9 Å².